The highest BCUT2D eigenvalue weighted by molar-refractivity contribution is 6.01. The lowest BCUT2D eigenvalue weighted by Crippen LogP contribution is -2.30. The molecular weight excluding hydrogens is 532 g/mol. The van der Waals surface area contributed by atoms with Crippen LogP contribution in [0.3, 0.4) is 0 Å². The molecule has 2 aliphatic rings. The molecule has 0 amide bonds. The molecule has 0 aromatic heterocycles. The molecule has 2 aromatic carbocycles. The second kappa shape index (κ2) is 14.7. The van der Waals surface area contributed by atoms with Gasteiger partial charge in [-0.1, -0.05) is 64.8 Å². The maximum Gasteiger partial charge on any atom is 0.163 e. The standard InChI is InChI=1S/C39H52O4/c1-7-10-32(34(8-2)37(42)17-25(5)40)19-28-21-36-35(24(3)4)23-30(26(6)39(36)38(43)22-28)15-16-33(41)20-27-13-14-29-11-9-12-31(29)18-27/h13-14,18,23-24,28,32,34H,7-12,15-17,19-22H2,1-6H3. The van der Waals surface area contributed by atoms with E-state index in [-0.39, 0.29) is 53.2 Å². The largest absolute Gasteiger partial charge is 0.300 e. The van der Waals surface area contributed by atoms with E-state index in [1.54, 1.807) is 0 Å². The van der Waals surface area contributed by atoms with E-state index in [1.165, 1.54) is 35.6 Å². The van der Waals surface area contributed by atoms with E-state index in [1.807, 2.05) is 6.92 Å². The Morgan fingerprint density at radius 2 is 1.74 bits per heavy atom. The Morgan fingerprint density at radius 1 is 1.00 bits per heavy atom. The molecule has 2 aromatic rings. The summed E-state index contributed by atoms with van der Waals surface area (Å²) in [6.07, 6.45) is 9.97. The second-order valence-corrected chi connectivity index (χ2v) is 13.8. The molecule has 0 saturated carbocycles. The zero-order chi connectivity index (χ0) is 31.3. The second-order valence-electron chi connectivity index (χ2n) is 13.8. The lowest BCUT2D eigenvalue weighted by molar-refractivity contribution is -0.130. The molecule has 4 nitrogen and oxygen atoms in total. The molecule has 0 fully saturated rings. The number of rotatable bonds is 15. The van der Waals surface area contributed by atoms with Gasteiger partial charge in [0.25, 0.3) is 0 Å². The van der Waals surface area contributed by atoms with Gasteiger partial charge in [-0.05, 0) is 115 Å². The summed E-state index contributed by atoms with van der Waals surface area (Å²) >= 11 is 0. The molecule has 0 N–H and O–H groups in total. The Balaban J connectivity index is 1.50. The van der Waals surface area contributed by atoms with Gasteiger partial charge in [0.15, 0.2) is 5.78 Å². The normalized spacial score (nSPS) is 17.5. The fourth-order valence-corrected chi connectivity index (χ4v) is 7.99. The molecule has 0 aliphatic heterocycles. The Hall–Kier alpha value is -2.88. The first-order valence-corrected chi connectivity index (χ1v) is 16.8. The quantitative estimate of drug-likeness (QED) is 0.197. The molecule has 0 saturated heterocycles. The van der Waals surface area contributed by atoms with Crippen molar-refractivity contribution in [1.29, 1.82) is 0 Å². The van der Waals surface area contributed by atoms with Crippen molar-refractivity contribution < 1.29 is 19.2 Å². The smallest absolute Gasteiger partial charge is 0.163 e. The molecule has 43 heavy (non-hydrogen) atoms. The summed E-state index contributed by atoms with van der Waals surface area (Å²) in [5.41, 5.74) is 9.42. The number of carbonyl (C=O) groups excluding carboxylic acids is 4. The van der Waals surface area contributed by atoms with Crippen LogP contribution in [0.15, 0.2) is 24.3 Å². The number of fused-ring (bicyclic) bond motifs is 2. The first-order chi connectivity index (χ1) is 20.5. The molecule has 0 radical (unpaired) electrons. The number of hydrogen-bond acceptors (Lipinski definition) is 4. The molecule has 3 atom stereocenters. The Kier molecular flexibility index (Phi) is 11.3. The third-order valence-corrected chi connectivity index (χ3v) is 10.1. The molecular formula is C39H52O4. The van der Waals surface area contributed by atoms with Gasteiger partial charge in [-0.25, -0.2) is 0 Å². The highest BCUT2D eigenvalue weighted by Gasteiger charge is 2.34. The van der Waals surface area contributed by atoms with Gasteiger partial charge in [0.1, 0.15) is 17.3 Å². The first kappa shape index (κ1) is 33.0. The third-order valence-electron chi connectivity index (χ3n) is 10.1. The lowest BCUT2D eigenvalue weighted by atomic mass is 9.70. The minimum Gasteiger partial charge on any atom is -0.300 e. The molecule has 0 heterocycles. The van der Waals surface area contributed by atoms with Gasteiger partial charge < -0.3 is 0 Å². The van der Waals surface area contributed by atoms with Gasteiger partial charge >= 0.3 is 0 Å². The molecule has 232 valence electrons. The third kappa shape index (κ3) is 7.99. The maximum atomic E-state index is 13.8. The van der Waals surface area contributed by atoms with Crippen LogP contribution in [-0.4, -0.2) is 23.1 Å². The van der Waals surface area contributed by atoms with Crippen LogP contribution in [-0.2, 0) is 46.5 Å². The van der Waals surface area contributed by atoms with E-state index in [4.69, 9.17) is 0 Å². The predicted octanol–water partition coefficient (Wildman–Crippen LogP) is 8.48. The van der Waals surface area contributed by atoms with Crippen molar-refractivity contribution in [2.45, 2.75) is 131 Å². The maximum absolute atomic E-state index is 13.8. The minimum absolute atomic E-state index is 0.0143. The zero-order valence-electron chi connectivity index (χ0n) is 27.4. The van der Waals surface area contributed by atoms with Crippen LogP contribution in [0.2, 0.25) is 0 Å². The number of carbonyl (C=O) groups is 4. The predicted molar refractivity (Wildman–Crippen MR) is 174 cm³/mol. The van der Waals surface area contributed by atoms with Crippen LogP contribution >= 0.6 is 0 Å². The summed E-state index contributed by atoms with van der Waals surface area (Å²) in [5.74, 6) is 0.989. The van der Waals surface area contributed by atoms with E-state index >= 15 is 0 Å². The van der Waals surface area contributed by atoms with Gasteiger partial charge in [-0.2, -0.15) is 0 Å². The summed E-state index contributed by atoms with van der Waals surface area (Å²) in [4.78, 5) is 51.5. The van der Waals surface area contributed by atoms with Crippen LogP contribution in [0.5, 0.6) is 0 Å². The summed E-state index contributed by atoms with van der Waals surface area (Å²) < 4.78 is 0. The van der Waals surface area contributed by atoms with Gasteiger partial charge in [0, 0.05) is 30.7 Å². The van der Waals surface area contributed by atoms with Crippen molar-refractivity contribution >= 4 is 23.1 Å². The highest BCUT2D eigenvalue weighted by atomic mass is 16.1. The Bertz CT molecular complexity index is 1360. The van der Waals surface area contributed by atoms with Crippen molar-refractivity contribution in [1.82, 2.24) is 0 Å². The first-order valence-electron chi connectivity index (χ1n) is 16.8. The van der Waals surface area contributed by atoms with Gasteiger partial charge in [0.05, 0.1) is 6.42 Å². The summed E-state index contributed by atoms with van der Waals surface area (Å²) in [7, 11) is 0. The average Bonchev–Trinajstić information content (AvgIpc) is 3.40. The van der Waals surface area contributed by atoms with E-state index < -0.39 is 0 Å². The fraction of sp³-hybridized carbons (Fsp3) is 0.590. The topological polar surface area (TPSA) is 68.3 Å². The average molecular weight is 585 g/mol. The molecule has 0 bridgehead atoms. The number of hydrogen-bond donors (Lipinski definition) is 0. The highest BCUT2D eigenvalue weighted by Crippen LogP contribution is 2.40. The Labute approximate surface area is 259 Å². The number of benzene rings is 2. The van der Waals surface area contributed by atoms with Crippen LogP contribution in [0.25, 0.3) is 0 Å². The van der Waals surface area contributed by atoms with Gasteiger partial charge in [-0.15, -0.1) is 0 Å². The minimum atomic E-state index is -0.122. The van der Waals surface area contributed by atoms with Crippen LogP contribution < -0.4 is 0 Å². The van der Waals surface area contributed by atoms with Gasteiger partial charge in [0.2, 0.25) is 0 Å². The van der Waals surface area contributed by atoms with Crippen LogP contribution in [0, 0.1) is 24.7 Å². The summed E-state index contributed by atoms with van der Waals surface area (Å²) in [6, 6.07) is 8.81. The molecule has 4 rings (SSSR count). The molecule has 0 spiro atoms. The van der Waals surface area contributed by atoms with Crippen molar-refractivity contribution in [2.24, 2.45) is 17.8 Å². The monoisotopic (exact) mass is 584 g/mol. The fourth-order valence-electron chi connectivity index (χ4n) is 7.99. The van der Waals surface area contributed by atoms with Crippen LogP contribution in [0.1, 0.15) is 141 Å². The number of ketones is 4. The lowest BCUT2D eigenvalue weighted by Gasteiger charge is -2.33. The zero-order valence-corrected chi connectivity index (χ0v) is 27.4. The summed E-state index contributed by atoms with van der Waals surface area (Å²) in [5, 5.41) is 0. The van der Waals surface area contributed by atoms with E-state index in [0.29, 0.717) is 25.7 Å². The molecule has 4 heteroatoms. The van der Waals surface area contributed by atoms with Crippen molar-refractivity contribution in [3.8, 4) is 0 Å². The molecule has 3 unspecified atom stereocenters. The SMILES string of the molecule is CCCC(CC1CC(=O)c2c(C)c(CCC(=O)Cc3ccc4c(c3)CCC4)cc(C(C)C)c2C1)C(CC)C(=O)CC(C)=O. The van der Waals surface area contributed by atoms with Gasteiger partial charge in [-0.3, -0.25) is 19.2 Å². The van der Waals surface area contributed by atoms with E-state index in [9.17, 15) is 19.2 Å². The van der Waals surface area contributed by atoms with E-state index in [0.717, 1.165) is 67.2 Å². The van der Waals surface area contributed by atoms with Crippen molar-refractivity contribution in [2.75, 3.05) is 0 Å². The number of Topliss-reactive ketones (excluding diaryl/α,β-unsaturated/α-hetero) is 4. The Morgan fingerprint density at radius 3 is 2.42 bits per heavy atom. The summed E-state index contributed by atoms with van der Waals surface area (Å²) in [6.45, 7) is 12.1. The van der Waals surface area contributed by atoms with Crippen molar-refractivity contribution in [3.05, 3.63) is 68.8 Å². The van der Waals surface area contributed by atoms with Crippen molar-refractivity contribution in [3.63, 3.8) is 0 Å². The van der Waals surface area contributed by atoms with Crippen LogP contribution in [0.4, 0.5) is 0 Å². The van der Waals surface area contributed by atoms with E-state index in [2.05, 4.69) is 52.0 Å². The molecule has 2 aliphatic carbocycles. The number of aryl methyl sites for hydroxylation is 3.